The van der Waals surface area contributed by atoms with Crippen molar-refractivity contribution in [1.82, 2.24) is 9.97 Å². The highest BCUT2D eigenvalue weighted by Gasteiger charge is 2.13. The molecular weight excluding hydrogens is 330 g/mol. The van der Waals surface area contributed by atoms with Gasteiger partial charge >= 0.3 is 5.97 Å². The van der Waals surface area contributed by atoms with E-state index in [-0.39, 0.29) is 5.97 Å². The van der Waals surface area contributed by atoms with Crippen LogP contribution in [0.5, 0.6) is 0 Å². The summed E-state index contributed by atoms with van der Waals surface area (Å²) in [6.07, 6.45) is 0. The summed E-state index contributed by atoms with van der Waals surface area (Å²) < 4.78 is 10.5. The number of carbonyl (C=O) groups excluding carboxylic acids is 1. The van der Waals surface area contributed by atoms with Crippen molar-refractivity contribution in [2.75, 3.05) is 37.8 Å². The molecule has 1 aliphatic heterocycles. The van der Waals surface area contributed by atoms with Crippen LogP contribution in [0.3, 0.4) is 0 Å². The normalized spacial score (nSPS) is 14.6. The molecule has 3 aromatic rings. The van der Waals surface area contributed by atoms with Crippen molar-refractivity contribution >= 4 is 22.7 Å². The van der Waals surface area contributed by atoms with Gasteiger partial charge < -0.3 is 19.4 Å². The van der Waals surface area contributed by atoms with Crippen LogP contribution >= 0.6 is 0 Å². The van der Waals surface area contributed by atoms with Gasteiger partial charge in [0, 0.05) is 24.3 Å². The molecule has 2 aromatic carbocycles. The number of H-pyrrole nitrogens is 1. The first-order chi connectivity index (χ1) is 12.7. The number of anilines is 1. The fourth-order valence-corrected chi connectivity index (χ4v) is 3.14. The van der Waals surface area contributed by atoms with E-state index < -0.39 is 0 Å². The first kappa shape index (κ1) is 16.6. The van der Waals surface area contributed by atoms with Gasteiger partial charge in [-0.3, -0.25) is 0 Å². The lowest BCUT2D eigenvalue weighted by molar-refractivity contribution is 0.0526. The van der Waals surface area contributed by atoms with E-state index >= 15 is 0 Å². The van der Waals surface area contributed by atoms with Gasteiger partial charge in [0.05, 0.1) is 36.4 Å². The van der Waals surface area contributed by atoms with Crippen molar-refractivity contribution in [3.63, 3.8) is 0 Å². The fraction of sp³-hybridized carbons (Fsp3) is 0.300. The Balaban J connectivity index is 1.58. The van der Waals surface area contributed by atoms with Gasteiger partial charge in [-0.05, 0) is 49.4 Å². The molecule has 0 amide bonds. The molecule has 0 radical (unpaired) electrons. The summed E-state index contributed by atoms with van der Waals surface area (Å²) >= 11 is 0. The van der Waals surface area contributed by atoms with Crippen LogP contribution in [-0.2, 0) is 9.47 Å². The fourth-order valence-electron chi connectivity index (χ4n) is 3.14. The number of morpholine rings is 1. The van der Waals surface area contributed by atoms with Crippen LogP contribution in [0.2, 0.25) is 0 Å². The number of aromatic amines is 1. The quantitative estimate of drug-likeness (QED) is 0.731. The van der Waals surface area contributed by atoms with Gasteiger partial charge in [0.1, 0.15) is 5.82 Å². The topological polar surface area (TPSA) is 67.4 Å². The zero-order valence-corrected chi connectivity index (χ0v) is 14.7. The molecule has 0 aliphatic carbocycles. The number of carbonyl (C=O) groups is 1. The lowest BCUT2D eigenvalue weighted by Crippen LogP contribution is -2.36. The number of rotatable bonds is 4. The predicted molar refractivity (Wildman–Crippen MR) is 101 cm³/mol. The second-order valence-corrected chi connectivity index (χ2v) is 6.18. The van der Waals surface area contributed by atoms with Crippen LogP contribution in [0, 0.1) is 0 Å². The van der Waals surface area contributed by atoms with Crippen LogP contribution < -0.4 is 4.90 Å². The summed E-state index contributed by atoms with van der Waals surface area (Å²) in [7, 11) is 0. The van der Waals surface area contributed by atoms with Crippen LogP contribution in [0.25, 0.3) is 22.4 Å². The van der Waals surface area contributed by atoms with E-state index in [1.165, 1.54) is 5.69 Å². The summed E-state index contributed by atoms with van der Waals surface area (Å²) in [4.78, 5) is 22.1. The number of nitrogens with one attached hydrogen (secondary N) is 1. The SMILES string of the molecule is CCOC(=O)c1ccc2nc(-c3ccc(N4CCOCC4)cc3)[nH]c2c1. The van der Waals surface area contributed by atoms with Gasteiger partial charge in [-0.1, -0.05) is 0 Å². The standard InChI is InChI=1S/C20H21N3O3/c1-2-26-20(24)15-5-8-17-18(13-15)22-19(21-17)14-3-6-16(7-4-14)23-9-11-25-12-10-23/h3-8,13H,2,9-12H2,1H3,(H,21,22). The molecular formula is C20H21N3O3. The maximum absolute atomic E-state index is 11.9. The average Bonchev–Trinajstić information content (AvgIpc) is 3.12. The number of benzene rings is 2. The first-order valence-corrected chi connectivity index (χ1v) is 8.84. The predicted octanol–water partition coefficient (Wildman–Crippen LogP) is 3.24. The van der Waals surface area contributed by atoms with Gasteiger partial charge in [0.15, 0.2) is 0 Å². The molecule has 2 heterocycles. The second-order valence-electron chi connectivity index (χ2n) is 6.18. The van der Waals surface area contributed by atoms with Crippen LogP contribution in [0.4, 0.5) is 5.69 Å². The van der Waals surface area contributed by atoms with Gasteiger partial charge in [0.2, 0.25) is 0 Å². The Morgan fingerprint density at radius 3 is 2.69 bits per heavy atom. The molecule has 0 unspecified atom stereocenters. The highest BCUT2D eigenvalue weighted by molar-refractivity contribution is 5.94. The van der Waals surface area contributed by atoms with Crippen LogP contribution in [0.1, 0.15) is 17.3 Å². The Labute approximate surface area is 151 Å². The third-order valence-electron chi connectivity index (χ3n) is 4.51. The minimum Gasteiger partial charge on any atom is -0.462 e. The molecule has 4 rings (SSSR count). The molecule has 26 heavy (non-hydrogen) atoms. The largest absolute Gasteiger partial charge is 0.462 e. The van der Waals surface area contributed by atoms with E-state index in [2.05, 4.69) is 39.1 Å². The molecule has 1 saturated heterocycles. The molecule has 0 saturated carbocycles. The molecule has 6 heteroatoms. The Hall–Kier alpha value is -2.86. The van der Waals surface area contributed by atoms with E-state index in [0.717, 1.165) is 48.7 Å². The lowest BCUT2D eigenvalue weighted by Gasteiger charge is -2.28. The summed E-state index contributed by atoms with van der Waals surface area (Å²) in [5.74, 6) is 0.468. The van der Waals surface area contributed by atoms with E-state index in [4.69, 9.17) is 9.47 Å². The summed E-state index contributed by atoms with van der Waals surface area (Å²) in [6, 6.07) is 13.7. The smallest absolute Gasteiger partial charge is 0.338 e. The third-order valence-corrected chi connectivity index (χ3v) is 4.51. The van der Waals surface area contributed by atoms with E-state index in [0.29, 0.717) is 12.2 Å². The van der Waals surface area contributed by atoms with Gasteiger partial charge in [0.25, 0.3) is 0 Å². The minimum absolute atomic E-state index is 0.319. The molecule has 6 nitrogen and oxygen atoms in total. The molecule has 0 bridgehead atoms. The van der Waals surface area contributed by atoms with Gasteiger partial charge in [-0.25, -0.2) is 9.78 Å². The Morgan fingerprint density at radius 2 is 1.96 bits per heavy atom. The number of esters is 1. The number of nitrogens with zero attached hydrogens (tertiary/aromatic N) is 2. The molecule has 1 aromatic heterocycles. The number of hydrogen-bond donors (Lipinski definition) is 1. The zero-order chi connectivity index (χ0) is 17.9. The summed E-state index contributed by atoms with van der Waals surface area (Å²) in [5.41, 5.74) is 4.37. The molecule has 134 valence electrons. The lowest BCUT2D eigenvalue weighted by atomic mass is 10.2. The van der Waals surface area contributed by atoms with E-state index in [1.54, 1.807) is 19.1 Å². The maximum atomic E-state index is 11.9. The molecule has 1 aliphatic rings. The second kappa shape index (κ2) is 7.17. The number of fused-ring (bicyclic) bond motifs is 1. The molecule has 0 spiro atoms. The Bertz CT molecular complexity index is 912. The van der Waals surface area contributed by atoms with E-state index in [9.17, 15) is 4.79 Å². The number of aromatic nitrogens is 2. The summed E-state index contributed by atoms with van der Waals surface area (Å²) in [6.45, 7) is 5.54. The number of hydrogen-bond acceptors (Lipinski definition) is 5. The summed E-state index contributed by atoms with van der Waals surface area (Å²) in [5, 5.41) is 0. The molecule has 1 fully saturated rings. The average molecular weight is 351 g/mol. The Kier molecular flexibility index (Phi) is 4.58. The van der Waals surface area contributed by atoms with Crippen LogP contribution in [-0.4, -0.2) is 48.8 Å². The third kappa shape index (κ3) is 3.28. The minimum atomic E-state index is -0.319. The van der Waals surface area contributed by atoms with Gasteiger partial charge in [-0.2, -0.15) is 0 Å². The van der Waals surface area contributed by atoms with Crippen molar-refractivity contribution in [3.05, 3.63) is 48.0 Å². The van der Waals surface area contributed by atoms with Crippen molar-refractivity contribution in [2.24, 2.45) is 0 Å². The molecule has 1 N–H and O–H groups in total. The van der Waals surface area contributed by atoms with Crippen molar-refractivity contribution < 1.29 is 14.3 Å². The van der Waals surface area contributed by atoms with Crippen molar-refractivity contribution in [2.45, 2.75) is 6.92 Å². The van der Waals surface area contributed by atoms with Crippen molar-refractivity contribution in [3.8, 4) is 11.4 Å². The number of ether oxygens (including phenoxy) is 2. The van der Waals surface area contributed by atoms with Gasteiger partial charge in [-0.15, -0.1) is 0 Å². The molecule has 0 atom stereocenters. The van der Waals surface area contributed by atoms with Crippen molar-refractivity contribution in [1.29, 1.82) is 0 Å². The number of imidazole rings is 1. The monoisotopic (exact) mass is 351 g/mol. The zero-order valence-electron chi connectivity index (χ0n) is 14.7. The highest BCUT2D eigenvalue weighted by atomic mass is 16.5. The maximum Gasteiger partial charge on any atom is 0.338 e. The highest BCUT2D eigenvalue weighted by Crippen LogP contribution is 2.24. The first-order valence-electron chi connectivity index (χ1n) is 8.84. The van der Waals surface area contributed by atoms with E-state index in [1.807, 2.05) is 6.07 Å². The Morgan fingerprint density at radius 1 is 1.19 bits per heavy atom. The van der Waals surface area contributed by atoms with Crippen LogP contribution in [0.15, 0.2) is 42.5 Å².